The highest BCUT2D eigenvalue weighted by Crippen LogP contribution is 2.34. The van der Waals surface area contributed by atoms with Crippen LogP contribution >= 0.6 is 0 Å². The molecule has 4 rings (SSSR count). The lowest BCUT2D eigenvalue weighted by Crippen LogP contribution is -2.38. The Morgan fingerprint density at radius 2 is 1.85 bits per heavy atom. The summed E-state index contributed by atoms with van der Waals surface area (Å²) in [4.78, 5) is 16.8. The highest BCUT2D eigenvalue weighted by molar-refractivity contribution is 6.03. The lowest BCUT2D eigenvalue weighted by Gasteiger charge is -2.29. The van der Waals surface area contributed by atoms with Crippen molar-refractivity contribution in [2.45, 2.75) is 32.4 Å². The quantitative estimate of drug-likeness (QED) is 0.308. The summed E-state index contributed by atoms with van der Waals surface area (Å²) < 4.78 is 7.66. The second-order valence-electron chi connectivity index (χ2n) is 8.11. The SMILES string of the molecule is CCCC(N=C(N)N)C1CNc2c(C(N)=O)c(-c3ccc(Oc4ccccc4)cc3)nn2C1. The van der Waals surface area contributed by atoms with Crippen molar-refractivity contribution in [2.75, 3.05) is 11.9 Å². The number of anilines is 1. The van der Waals surface area contributed by atoms with Gasteiger partial charge in [-0.15, -0.1) is 0 Å². The highest BCUT2D eigenvalue weighted by atomic mass is 16.5. The van der Waals surface area contributed by atoms with Crippen LogP contribution in [0.1, 0.15) is 30.1 Å². The van der Waals surface area contributed by atoms with E-state index in [0.717, 1.165) is 24.2 Å². The first-order valence-corrected chi connectivity index (χ1v) is 11.0. The van der Waals surface area contributed by atoms with E-state index < -0.39 is 5.91 Å². The number of fused-ring (bicyclic) bond motifs is 1. The van der Waals surface area contributed by atoms with Crippen LogP contribution in [0.5, 0.6) is 11.5 Å². The first kappa shape index (κ1) is 22.2. The summed E-state index contributed by atoms with van der Waals surface area (Å²) in [5.41, 5.74) is 18.7. The number of carbonyl (C=O) groups is 1. The van der Waals surface area contributed by atoms with Crippen LogP contribution in [0.4, 0.5) is 5.82 Å². The fourth-order valence-electron chi connectivity index (χ4n) is 4.18. The number of nitrogens with two attached hydrogens (primary N) is 3. The van der Waals surface area contributed by atoms with Crippen molar-refractivity contribution in [1.29, 1.82) is 0 Å². The Balaban J connectivity index is 1.61. The molecule has 1 amide bonds. The van der Waals surface area contributed by atoms with Gasteiger partial charge >= 0.3 is 0 Å². The molecule has 2 atom stereocenters. The number of nitrogens with zero attached hydrogens (tertiary/aromatic N) is 3. The predicted molar refractivity (Wildman–Crippen MR) is 129 cm³/mol. The molecule has 7 N–H and O–H groups in total. The summed E-state index contributed by atoms with van der Waals surface area (Å²) >= 11 is 0. The van der Waals surface area contributed by atoms with Gasteiger partial charge in [-0.1, -0.05) is 31.5 Å². The van der Waals surface area contributed by atoms with Crippen molar-refractivity contribution in [3.05, 3.63) is 60.2 Å². The van der Waals surface area contributed by atoms with Crippen molar-refractivity contribution in [2.24, 2.45) is 28.1 Å². The van der Waals surface area contributed by atoms with E-state index in [9.17, 15) is 4.79 Å². The van der Waals surface area contributed by atoms with Crippen LogP contribution in [-0.2, 0) is 6.54 Å². The van der Waals surface area contributed by atoms with Crippen molar-refractivity contribution in [3.8, 4) is 22.8 Å². The third kappa shape index (κ3) is 4.92. The van der Waals surface area contributed by atoms with E-state index >= 15 is 0 Å². The molecule has 3 aromatic rings. The van der Waals surface area contributed by atoms with Gasteiger partial charge in [0.15, 0.2) is 5.96 Å². The number of para-hydroxylation sites is 1. The van der Waals surface area contributed by atoms with Gasteiger partial charge in [-0.3, -0.25) is 4.79 Å². The van der Waals surface area contributed by atoms with E-state index in [1.807, 2.05) is 54.6 Å². The highest BCUT2D eigenvalue weighted by Gasteiger charge is 2.31. The second-order valence-corrected chi connectivity index (χ2v) is 8.11. The third-order valence-corrected chi connectivity index (χ3v) is 5.69. The van der Waals surface area contributed by atoms with E-state index in [2.05, 4.69) is 17.2 Å². The maximum absolute atomic E-state index is 12.3. The van der Waals surface area contributed by atoms with Gasteiger partial charge in [0.25, 0.3) is 5.91 Å². The number of benzene rings is 2. The molecule has 172 valence electrons. The molecule has 9 heteroatoms. The fourth-order valence-corrected chi connectivity index (χ4v) is 4.18. The van der Waals surface area contributed by atoms with Crippen LogP contribution in [0.3, 0.4) is 0 Å². The van der Waals surface area contributed by atoms with Gasteiger partial charge in [0.2, 0.25) is 0 Å². The number of hydrogen-bond acceptors (Lipinski definition) is 5. The number of ether oxygens (including phenoxy) is 1. The summed E-state index contributed by atoms with van der Waals surface area (Å²) in [5.74, 6) is 1.74. The second kappa shape index (κ2) is 9.64. The van der Waals surface area contributed by atoms with Gasteiger partial charge in [0.05, 0.1) is 6.04 Å². The summed E-state index contributed by atoms with van der Waals surface area (Å²) in [6.07, 6.45) is 1.82. The molecule has 0 spiro atoms. The van der Waals surface area contributed by atoms with Crippen LogP contribution in [0.25, 0.3) is 11.3 Å². The van der Waals surface area contributed by atoms with Crippen molar-refractivity contribution < 1.29 is 9.53 Å². The van der Waals surface area contributed by atoms with Crippen LogP contribution in [0.15, 0.2) is 59.6 Å². The zero-order valence-corrected chi connectivity index (χ0v) is 18.6. The van der Waals surface area contributed by atoms with Crippen LogP contribution in [0, 0.1) is 5.92 Å². The number of amides is 1. The normalized spacial score (nSPS) is 15.7. The number of carbonyl (C=O) groups excluding carboxylic acids is 1. The summed E-state index contributed by atoms with van der Waals surface area (Å²) in [6.45, 7) is 3.30. The molecule has 33 heavy (non-hydrogen) atoms. The molecule has 0 saturated carbocycles. The minimum atomic E-state index is -0.531. The molecule has 1 aromatic heterocycles. The minimum absolute atomic E-state index is 0.0280. The molecule has 0 radical (unpaired) electrons. The smallest absolute Gasteiger partial charge is 0.254 e. The Kier molecular flexibility index (Phi) is 6.48. The molecule has 0 bridgehead atoms. The molecular weight excluding hydrogens is 418 g/mol. The van der Waals surface area contributed by atoms with Gasteiger partial charge in [-0.2, -0.15) is 5.10 Å². The third-order valence-electron chi connectivity index (χ3n) is 5.69. The van der Waals surface area contributed by atoms with Crippen molar-refractivity contribution >= 4 is 17.7 Å². The van der Waals surface area contributed by atoms with Gasteiger partial charge in [0, 0.05) is 24.6 Å². The number of rotatable bonds is 8. The molecule has 9 nitrogen and oxygen atoms in total. The minimum Gasteiger partial charge on any atom is -0.457 e. The lowest BCUT2D eigenvalue weighted by molar-refractivity contribution is 0.100. The predicted octanol–water partition coefficient (Wildman–Crippen LogP) is 2.93. The standard InChI is InChI=1S/C24H29N7O2/c1-2-6-19(29-24(26)27)16-13-28-23-20(22(25)32)21(30-31(23)14-16)15-9-11-18(12-10-15)33-17-7-4-3-5-8-17/h3-5,7-12,16,19,28H,2,6,13-14H2,1H3,(H2,25,32)(H4,26,27,29). The molecule has 0 aliphatic carbocycles. The number of aliphatic imine (C=N–C) groups is 1. The zero-order chi connectivity index (χ0) is 23.4. The van der Waals surface area contributed by atoms with Gasteiger partial charge < -0.3 is 27.3 Å². The summed E-state index contributed by atoms with van der Waals surface area (Å²) in [5, 5.41) is 8.06. The topological polar surface area (TPSA) is 147 Å². The van der Waals surface area contributed by atoms with Crippen molar-refractivity contribution in [3.63, 3.8) is 0 Å². The van der Waals surface area contributed by atoms with Gasteiger partial charge in [0.1, 0.15) is 28.6 Å². The summed E-state index contributed by atoms with van der Waals surface area (Å²) in [7, 11) is 0. The number of guanidine groups is 1. The average Bonchev–Trinajstić information content (AvgIpc) is 3.19. The molecule has 1 aliphatic heterocycles. The molecule has 0 fully saturated rings. The average molecular weight is 448 g/mol. The Hall–Kier alpha value is -4.01. The Bertz CT molecular complexity index is 1140. The largest absolute Gasteiger partial charge is 0.457 e. The van der Waals surface area contributed by atoms with E-state index in [-0.39, 0.29) is 17.9 Å². The molecule has 1 aliphatic rings. The Morgan fingerprint density at radius 3 is 2.48 bits per heavy atom. The Labute approximate surface area is 192 Å². The maximum atomic E-state index is 12.3. The first-order chi connectivity index (χ1) is 16.0. The first-order valence-electron chi connectivity index (χ1n) is 11.0. The Morgan fingerprint density at radius 1 is 1.15 bits per heavy atom. The van der Waals surface area contributed by atoms with Gasteiger partial charge in [-0.25, -0.2) is 9.67 Å². The lowest BCUT2D eigenvalue weighted by atomic mass is 9.94. The molecule has 2 unspecified atom stereocenters. The number of nitrogens with one attached hydrogen (secondary N) is 1. The molecule has 2 heterocycles. The number of primary amides is 1. The van der Waals surface area contributed by atoms with Crippen LogP contribution in [-0.4, -0.2) is 34.2 Å². The van der Waals surface area contributed by atoms with Gasteiger partial charge in [-0.05, 0) is 42.8 Å². The number of aromatic nitrogens is 2. The van der Waals surface area contributed by atoms with E-state index in [4.69, 9.17) is 27.0 Å². The van der Waals surface area contributed by atoms with E-state index in [1.54, 1.807) is 4.68 Å². The molecular formula is C24H29N7O2. The van der Waals surface area contributed by atoms with E-state index in [1.165, 1.54) is 0 Å². The van der Waals surface area contributed by atoms with Crippen molar-refractivity contribution in [1.82, 2.24) is 9.78 Å². The summed E-state index contributed by atoms with van der Waals surface area (Å²) in [6, 6.07) is 16.9. The number of hydrogen-bond donors (Lipinski definition) is 4. The molecule has 2 aromatic carbocycles. The van der Waals surface area contributed by atoms with Crippen LogP contribution in [0.2, 0.25) is 0 Å². The molecule has 0 saturated heterocycles. The van der Waals surface area contributed by atoms with E-state index in [0.29, 0.717) is 35.9 Å². The fraction of sp³-hybridized carbons (Fsp3) is 0.292. The monoisotopic (exact) mass is 447 g/mol. The van der Waals surface area contributed by atoms with Crippen LogP contribution < -0.4 is 27.3 Å². The zero-order valence-electron chi connectivity index (χ0n) is 18.6. The maximum Gasteiger partial charge on any atom is 0.254 e.